The molecule has 0 radical (unpaired) electrons. The molecule has 1 saturated heterocycles. The van der Waals surface area contributed by atoms with Gasteiger partial charge in [-0.25, -0.2) is 4.39 Å². The van der Waals surface area contributed by atoms with Crippen LogP contribution in [0.5, 0.6) is 0 Å². The van der Waals surface area contributed by atoms with Gasteiger partial charge in [-0.2, -0.15) is 0 Å². The number of unbranched alkanes of at least 4 members (excludes halogenated alkanes) is 3. The van der Waals surface area contributed by atoms with Crippen LogP contribution in [0.2, 0.25) is 0 Å². The third-order valence-corrected chi connectivity index (χ3v) is 5.00. The molecule has 1 aliphatic rings. The highest BCUT2D eigenvalue weighted by molar-refractivity contribution is 6.46. The molecule has 1 N–H and O–H groups in total. The van der Waals surface area contributed by atoms with Crippen LogP contribution in [0.4, 0.5) is 4.39 Å². The Hall–Kier alpha value is -2.95. The lowest BCUT2D eigenvalue weighted by Gasteiger charge is -2.25. The zero-order valence-corrected chi connectivity index (χ0v) is 15.9. The fourth-order valence-electron chi connectivity index (χ4n) is 3.59. The molecule has 0 aromatic heterocycles. The number of carbonyl (C=O) groups is 2. The maximum absolute atomic E-state index is 13.9. The fraction of sp³-hybridized carbons (Fsp3) is 0.304. The number of nitrogens with zero attached hydrogens (tertiary/aromatic N) is 1. The molecule has 0 saturated carbocycles. The number of benzene rings is 2. The molecule has 0 spiro atoms. The third-order valence-electron chi connectivity index (χ3n) is 5.00. The topological polar surface area (TPSA) is 57.6 Å². The molecule has 1 fully saturated rings. The molecule has 1 aliphatic heterocycles. The molecule has 4 nitrogen and oxygen atoms in total. The van der Waals surface area contributed by atoms with Crippen molar-refractivity contribution in [1.29, 1.82) is 0 Å². The van der Waals surface area contributed by atoms with Crippen LogP contribution >= 0.6 is 0 Å². The number of likely N-dealkylation sites (tertiary alicyclic amines) is 1. The van der Waals surface area contributed by atoms with Crippen LogP contribution in [0.1, 0.15) is 49.8 Å². The summed E-state index contributed by atoms with van der Waals surface area (Å²) in [5.74, 6) is -2.06. The zero-order valence-electron chi connectivity index (χ0n) is 15.9. The van der Waals surface area contributed by atoms with Crippen molar-refractivity contribution in [2.75, 3.05) is 6.54 Å². The van der Waals surface area contributed by atoms with Crippen molar-refractivity contribution < 1.29 is 19.1 Å². The standard InChI is InChI=1S/C23H24FNO3/c1-2-3-4-8-14-25-20(17-12-9-13-18(24)15-17)19(22(27)23(25)28)21(26)16-10-6-5-7-11-16/h5-7,9-13,15,20,26H,2-4,8,14H2,1H3/b21-19-. The van der Waals surface area contributed by atoms with Crippen molar-refractivity contribution in [3.63, 3.8) is 0 Å². The lowest BCUT2D eigenvalue weighted by molar-refractivity contribution is -0.139. The van der Waals surface area contributed by atoms with Crippen molar-refractivity contribution in [2.45, 2.75) is 38.6 Å². The normalized spacial score (nSPS) is 18.6. The molecular formula is C23H24FNO3. The number of rotatable bonds is 7. The molecule has 2 aromatic carbocycles. The second kappa shape index (κ2) is 8.83. The van der Waals surface area contributed by atoms with Gasteiger partial charge in [0.15, 0.2) is 0 Å². The highest BCUT2D eigenvalue weighted by atomic mass is 19.1. The van der Waals surface area contributed by atoms with Gasteiger partial charge in [0.05, 0.1) is 11.6 Å². The Bertz CT molecular complexity index is 892. The number of hydrogen-bond acceptors (Lipinski definition) is 3. The molecule has 0 bridgehead atoms. The Labute approximate surface area is 164 Å². The van der Waals surface area contributed by atoms with Crippen LogP contribution in [0, 0.1) is 5.82 Å². The first-order chi connectivity index (χ1) is 13.5. The molecule has 3 rings (SSSR count). The molecule has 2 aromatic rings. The molecule has 146 valence electrons. The van der Waals surface area contributed by atoms with Crippen LogP contribution in [0.3, 0.4) is 0 Å². The SMILES string of the molecule is CCCCCCN1C(=O)C(=O)/C(=C(\O)c2ccccc2)C1c1cccc(F)c1. The Kier molecular flexibility index (Phi) is 6.24. The first-order valence-corrected chi connectivity index (χ1v) is 9.64. The summed E-state index contributed by atoms with van der Waals surface area (Å²) in [6, 6.07) is 13.7. The number of ketones is 1. The third kappa shape index (κ3) is 3.98. The van der Waals surface area contributed by atoms with Crippen LogP contribution in [-0.2, 0) is 9.59 Å². The van der Waals surface area contributed by atoms with Crippen molar-refractivity contribution in [2.24, 2.45) is 0 Å². The maximum atomic E-state index is 13.9. The fourth-order valence-corrected chi connectivity index (χ4v) is 3.59. The molecule has 1 atom stereocenters. The minimum atomic E-state index is -0.794. The molecule has 5 heteroatoms. The summed E-state index contributed by atoms with van der Waals surface area (Å²) in [5.41, 5.74) is 0.942. The quantitative estimate of drug-likeness (QED) is 0.323. The Morgan fingerprint density at radius 2 is 1.79 bits per heavy atom. The summed E-state index contributed by atoms with van der Waals surface area (Å²) in [4.78, 5) is 27.0. The zero-order chi connectivity index (χ0) is 20.1. The largest absolute Gasteiger partial charge is 0.507 e. The average molecular weight is 381 g/mol. The first-order valence-electron chi connectivity index (χ1n) is 9.64. The number of aliphatic hydroxyl groups excluding tert-OH is 1. The van der Waals surface area contributed by atoms with E-state index in [2.05, 4.69) is 6.92 Å². The van der Waals surface area contributed by atoms with Gasteiger partial charge in [-0.3, -0.25) is 9.59 Å². The van der Waals surface area contributed by atoms with E-state index in [9.17, 15) is 19.1 Å². The van der Waals surface area contributed by atoms with Gasteiger partial charge >= 0.3 is 0 Å². The minimum Gasteiger partial charge on any atom is -0.507 e. The van der Waals surface area contributed by atoms with Gasteiger partial charge in [-0.1, -0.05) is 68.7 Å². The van der Waals surface area contributed by atoms with Gasteiger partial charge in [-0.15, -0.1) is 0 Å². The van der Waals surface area contributed by atoms with E-state index in [4.69, 9.17) is 0 Å². The lowest BCUT2D eigenvalue weighted by Crippen LogP contribution is -2.30. The van der Waals surface area contributed by atoms with Crippen molar-refractivity contribution in [3.8, 4) is 0 Å². The molecule has 1 amide bonds. The van der Waals surface area contributed by atoms with Gasteiger partial charge in [0.1, 0.15) is 11.6 Å². The van der Waals surface area contributed by atoms with Gasteiger partial charge < -0.3 is 10.0 Å². The van der Waals surface area contributed by atoms with Crippen LogP contribution in [0.25, 0.3) is 5.76 Å². The predicted molar refractivity (Wildman–Crippen MR) is 106 cm³/mol. The number of amides is 1. The van der Waals surface area contributed by atoms with Crippen LogP contribution in [0.15, 0.2) is 60.2 Å². The second-order valence-electron chi connectivity index (χ2n) is 6.97. The van der Waals surface area contributed by atoms with Gasteiger partial charge in [0.25, 0.3) is 11.7 Å². The second-order valence-corrected chi connectivity index (χ2v) is 6.97. The molecule has 0 aliphatic carbocycles. The summed E-state index contributed by atoms with van der Waals surface area (Å²) in [6.07, 6.45) is 3.78. The van der Waals surface area contributed by atoms with Crippen molar-refractivity contribution in [3.05, 3.63) is 77.1 Å². The van der Waals surface area contributed by atoms with E-state index < -0.39 is 23.5 Å². The number of halogens is 1. The maximum Gasteiger partial charge on any atom is 0.295 e. The summed E-state index contributed by atoms with van der Waals surface area (Å²) in [5, 5.41) is 10.8. The van der Waals surface area contributed by atoms with Gasteiger partial charge in [-0.05, 0) is 24.1 Å². The Morgan fingerprint density at radius 3 is 2.46 bits per heavy atom. The summed E-state index contributed by atoms with van der Waals surface area (Å²) >= 11 is 0. The summed E-state index contributed by atoms with van der Waals surface area (Å²) < 4.78 is 13.9. The van der Waals surface area contributed by atoms with Gasteiger partial charge in [0, 0.05) is 12.1 Å². The average Bonchev–Trinajstić information content (AvgIpc) is 2.96. The number of aliphatic hydroxyl groups is 1. The smallest absolute Gasteiger partial charge is 0.295 e. The van der Waals surface area contributed by atoms with E-state index in [0.717, 1.165) is 25.7 Å². The van der Waals surface area contributed by atoms with E-state index in [1.54, 1.807) is 42.5 Å². The molecule has 1 unspecified atom stereocenters. The number of carbonyl (C=O) groups excluding carboxylic acids is 2. The summed E-state index contributed by atoms with van der Waals surface area (Å²) in [7, 11) is 0. The molecular weight excluding hydrogens is 357 g/mol. The highest BCUT2D eigenvalue weighted by Gasteiger charge is 2.45. The number of hydrogen-bond donors (Lipinski definition) is 1. The van der Waals surface area contributed by atoms with Crippen LogP contribution < -0.4 is 0 Å². The Morgan fingerprint density at radius 1 is 1.04 bits per heavy atom. The van der Waals surface area contributed by atoms with Crippen LogP contribution in [-0.4, -0.2) is 28.2 Å². The van der Waals surface area contributed by atoms with Gasteiger partial charge in [0.2, 0.25) is 0 Å². The van der Waals surface area contributed by atoms with E-state index >= 15 is 0 Å². The first kappa shape index (κ1) is 19.8. The van der Waals surface area contributed by atoms with E-state index in [1.165, 1.54) is 17.0 Å². The minimum absolute atomic E-state index is 0.0114. The highest BCUT2D eigenvalue weighted by Crippen LogP contribution is 2.39. The predicted octanol–water partition coefficient (Wildman–Crippen LogP) is 4.83. The monoisotopic (exact) mass is 381 g/mol. The molecule has 28 heavy (non-hydrogen) atoms. The van der Waals surface area contributed by atoms with Crippen molar-refractivity contribution >= 4 is 17.4 Å². The number of Topliss-reactive ketones (excluding diaryl/α,β-unsaturated/α-hetero) is 1. The van der Waals surface area contributed by atoms with E-state index in [1.807, 2.05) is 0 Å². The van der Waals surface area contributed by atoms with E-state index in [0.29, 0.717) is 17.7 Å². The van der Waals surface area contributed by atoms with Crippen molar-refractivity contribution in [1.82, 2.24) is 4.90 Å². The Balaban J connectivity index is 2.06. The molecule has 1 heterocycles. The summed E-state index contributed by atoms with van der Waals surface area (Å²) in [6.45, 7) is 2.48. The van der Waals surface area contributed by atoms with E-state index in [-0.39, 0.29) is 11.3 Å². The lowest BCUT2D eigenvalue weighted by atomic mass is 9.95.